The zero-order chi connectivity index (χ0) is 14.7. The number of nitrogens with one attached hydrogen (secondary N) is 2. The van der Waals surface area contributed by atoms with Crippen molar-refractivity contribution in [3.05, 3.63) is 47.2 Å². The summed E-state index contributed by atoms with van der Waals surface area (Å²) in [6.07, 6.45) is 3.86. The minimum absolute atomic E-state index is 0. The largest absolute Gasteiger partial charge is 0.347 e. The van der Waals surface area contributed by atoms with Gasteiger partial charge in [-0.25, -0.2) is 4.68 Å². The van der Waals surface area contributed by atoms with E-state index in [2.05, 4.69) is 15.7 Å². The number of benzene rings is 1. The summed E-state index contributed by atoms with van der Waals surface area (Å²) in [6.45, 7) is 1.84. The molecular formula is C15H18Cl2N4O. The second kappa shape index (κ2) is 7.63. The second-order valence-corrected chi connectivity index (χ2v) is 5.58. The normalized spacial score (nSPS) is 17.6. The number of hydrogen-bond donors (Lipinski definition) is 2. The highest BCUT2D eigenvalue weighted by Gasteiger charge is 2.17. The molecule has 0 saturated carbocycles. The summed E-state index contributed by atoms with van der Waals surface area (Å²) < 4.78 is 1.65. The molecular weight excluding hydrogens is 323 g/mol. The molecule has 118 valence electrons. The van der Waals surface area contributed by atoms with Gasteiger partial charge in [0.25, 0.3) is 5.91 Å². The van der Waals surface area contributed by atoms with Gasteiger partial charge in [-0.15, -0.1) is 12.4 Å². The zero-order valence-electron chi connectivity index (χ0n) is 12.0. The number of rotatable bonds is 3. The molecule has 1 atom stereocenters. The molecule has 1 saturated heterocycles. The Morgan fingerprint density at radius 1 is 1.41 bits per heavy atom. The lowest BCUT2D eigenvalue weighted by atomic mass is 10.1. The van der Waals surface area contributed by atoms with E-state index in [1.54, 1.807) is 29.1 Å². The Hall–Kier alpha value is -1.56. The lowest BCUT2D eigenvalue weighted by Crippen LogP contribution is -2.45. The van der Waals surface area contributed by atoms with Crippen molar-refractivity contribution in [3.8, 4) is 5.69 Å². The predicted octanol–water partition coefficient (Wildman–Crippen LogP) is 2.43. The van der Waals surface area contributed by atoms with Crippen molar-refractivity contribution in [2.24, 2.45) is 0 Å². The summed E-state index contributed by atoms with van der Waals surface area (Å²) in [5.74, 6) is -0.135. The molecule has 5 nitrogen and oxygen atoms in total. The van der Waals surface area contributed by atoms with Gasteiger partial charge in [-0.3, -0.25) is 4.79 Å². The number of halogens is 2. The highest BCUT2D eigenvalue weighted by Crippen LogP contribution is 2.14. The van der Waals surface area contributed by atoms with Crippen LogP contribution in [0.4, 0.5) is 0 Å². The van der Waals surface area contributed by atoms with Gasteiger partial charge in [-0.1, -0.05) is 17.7 Å². The number of amides is 1. The molecule has 22 heavy (non-hydrogen) atoms. The maximum atomic E-state index is 12.2. The summed E-state index contributed by atoms with van der Waals surface area (Å²) >= 11 is 5.97. The minimum atomic E-state index is -0.135. The Balaban J connectivity index is 0.00000176. The van der Waals surface area contributed by atoms with Crippen molar-refractivity contribution in [1.82, 2.24) is 20.4 Å². The van der Waals surface area contributed by atoms with Crippen LogP contribution in [-0.4, -0.2) is 34.8 Å². The lowest BCUT2D eigenvalue weighted by Gasteiger charge is -2.23. The van der Waals surface area contributed by atoms with Crippen molar-refractivity contribution >= 4 is 29.9 Å². The van der Waals surface area contributed by atoms with Gasteiger partial charge < -0.3 is 10.6 Å². The Morgan fingerprint density at radius 2 is 2.27 bits per heavy atom. The standard InChI is InChI=1S/C15H17ClN4O.ClH/c16-11-3-1-5-13(9-11)20-8-6-14(19-20)15(21)18-12-4-2-7-17-10-12;/h1,3,5-6,8-9,12,17H,2,4,7,10H2,(H,18,21);1H. The molecule has 7 heteroatoms. The number of nitrogens with zero attached hydrogens (tertiary/aromatic N) is 2. The number of hydrogen-bond acceptors (Lipinski definition) is 3. The van der Waals surface area contributed by atoms with E-state index >= 15 is 0 Å². The first kappa shape index (κ1) is 16.8. The van der Waals surface area contributed by atoms with Crippen LogP contribution in [0.15, 0.2) is 36.5 Å². The van der Waals surface area contributed by atoms with Gasteiger partial charge in [-0.2, -0.15) is 5.10 Å². The molecule has 2 aromatic rings. The van der Waals surface area contributed by atoms with Crippen LogP contribution >= 0.6 is 24.0 Å². The molecule has 1 unspecified atom stereocenters. The van der Waals surface area contributed by atoms with E-state index in [1.165, 1.54) is 0 Å². The third-order valence-electron chi connectivity index (χ3n) is 3.53. The maximum Gasteiger partial charge on any atom is 0.272 e. The maximum absolute atomic E-state index is 12.2. The van der Waals surface area contributed by atoms with Gasteiger partial charge in [0.1, 0.15) is 0 Å². The molecule has 0 aliphatic carbocycles. The molecule has 0 spiro atoms. The number of aromatic nitrogens is 2. The molecule has 0 radical (unpaired) electrons. The highest BCUT2D eigenvalue weighted by atomic mass is 35.5. The molecule has 2 N–H and O–H groups in total. The predicted molar refractivity (Wildman–Crippen MR) is 89.2 cm³/mol. The summed E-state index contributed by atoms with van der Waals surface area (Å²) in [6, 6.07) is 9.26. The molecule has 3 rings (SSSR count). The minimum Gasteiger partial charge on any atom is -0.347 e. The molecule has 1 fully saturated rings. The molecule has 2 heterocycles. The molecule has 1 aromatic carbocycles. The third kappa shape index (κ3) is 4.00. The number of carbonyl (C=O) groups is 1. The van der Waals surface area contributed by atoms with Gasteiger partial charge >= 0.3 is 0 Å². The Morgan fingerprint density at radius 3 is 3.00 bits per heavy atom. The van der Waals surface area contributed by atoms with E-state index in [1.807, 2.05) is 12.1 Å². The summed E-state index contributed by atoms with van der Waals surface area (Å²) in [4.78, 5) is 12.2. The van der Waals surface area contributed by atoms with Crippen LogP contribution in [0.25, 0.3) is 5.69 Å². The van der Waals surface area contributed by atoms with E-state index in [0.717, 1.165) is 31.6 Å². The van der Waals surface area contributed by atoms with Crippen LogP contribution in [0.3, 0.4) is 0 Å². The van der Waals surface area contributed by atoms with Crippen LogP contribution in [0.2, 0.25) is 5.02 Å². The van der Waals surface area contributed by atoms with E-state index in [9.17, 15) is 4.79 Å². The van der Waals surface area contributed by atoms with Crippen molar-refractivity contribution in [3.63, 3.8) is 0 Å². The first-order valence-corrected chi connectivity index (χ1v) is 7.43. The van der Waals surface area contributed by atoms with E-state index in [4.69, 9.17) is 11.6 Å². The van der Waals surface area contributed by atoms with Crippen molar-refractivity contribution in [2.45, 2.75) is 18.9 Å². The van der Waals surface area contributed by atoms with Gasteiger partial charge in [0.2, 0.25) is 0 Å². The van der Waals surface area contributed by atoms with Crippen LogP contribution < -0.4 is 10.6 Å². The van der Waals surface area contributed by atoms with E-state index in [0.29, 0.717) is 10.7 Å². The number of carbonyl (C=O) groups excluding carboxylic acids is 1. The fraction of sp³-hybridized carbons (Fsp3) is 0.333. The quantitative estimate of drug-likeness (QED) is 0.902. The van der Waals surface area contributed by atoms with Crippen molar-refractivity contribution in [1.29, 1.82) is 0 Å². The van der Waals surface area contributed by atoms with E-state index < -0.39 is 0 Å². The smallest absolute Gasteiger partial charge is 0.272 e. The van der Waals surface area contributed by atoms with Gasteiger partial charge in [0.05, 0.1) is 5.69 Å². The Labute approximate surface area is 140 Å². The SMILES string of the molecule is Cl.O=C(NC1CCCNC1)c1ccn(-c2cccc(Cl)c2)n1. The highest BCUT2D eigenvalue weighted by molar-refractivity contribution is 6.30. The Bertz CT molecular complexity index is 638. The first-order chi connectivity index (χ1) is 10.2. The van der Waals surface area contributed by atoms with Crippen molar-refractivity contribution < 1.29 is 4.79 Å². The molecule has 1 amide bonds. The van der Waals surface area contributed by atoms with Crippen LogP contribution in [-0.2, 0) is 0 Å². The Kier molecular flexibility index (Phi) is 5.83. The van der Waals surface area contributed by atoms with Crippen LogP contribution in [0.1, 0.15) is 23.3 Å². The van der Waals surface area contributed by atoms with E-state index in [-0.39, 0.29) is 24.4 Å². The molecule has 1 aliphatic rings. The van der Waals surface area contributed by atoms with Crippen LogP contribution in [0, 0.1) is 0 Å². The van der Waals surface area contributed by atoms with Gasteiger partial charge in [0, 0.05) is 23.8 Å². The average molecular weight is 341 g/mol. The molecule has 0 bridgehead atoms. The second-order valence-electron chi connectivity index (χ2n) is 5.14. The topological polar surface area (TPSA) is 59.0 Å². The van der Waals surface area contributed by atoms with Gasteiger partial charge in [-0.05, 0) is 43.7 Å². The summed E-state index contributed by atoms with van der Waals surface area (Å²) in [5.41, 5.74) is 1.25. The average Bonchev–Trinajstić information content (AvgIpc) is 2.98. The molecule has 1 aliphatic heterocycles. The monoisotopic (exact) mass is 340 g/mol. The summed E-state index contributed by atoms with van der Waals surface area (Å²) in [5, 5.41) is 11.2. The van der Waals surface area contributed by atoms with Gasteiger partial charge in [0.15, 0.2) is 5.69 Å². The fourth-order valence-corrected chi connectivity index (χ4v) is 2.63. The third-order valence-corrected chi connectivity index (χ3v) is 3.76. The molecule has 1 aromatic heterocycles. The lowest BCUT2D eigenvalue weighted by molar-refractivity contribution is 0.0925. The zero-order valence-corrected chi connectivity index (χ0v) is 13.5. The fourth-order valence-electron chi connectivity index (χ4n) is 2.44. The summed E-state index contributed by atoms with van der Waals surface area (Å²) in [7, 11) is 0. The van der Waals surface area contributed by atoms with Crippen LogP contribution in [0.5, 0.6) is 0 Å². The first-order valence-electron chi connectivity index (χ1n) is 7.05. The number of piperidine rings is 1. The van der Waals surface area contributed by atoms with Crippen molar-refractivity contribution in [2.75, 3.05) is 13.1 Å².